The fourth-order valence-electron chi connectivity index (χ4n) is 3.10. The second-order valence-electron chi connectivity index (χ2n) is 6.21. The Morgan fingerprint density at radius 1 is 1.55 bits per heavy atom. The van der Waals surface area contributed by atoms with Gasteiger partial charge in [0.05, 0.1) is 23.0 Å². The molecule has 0 aromatic carbocycles. The number of nitrogens with two attached hydrogens (primary N) is 1. The molecule has 0 bridgehead atoms. The van der Waals surface area contributed by atoms with Gasteiger partial charge >= 0.3 is 0 Å². The van der Waals surface area contributed by atoms with Gasteiger partial charge in [-0.15, -0.1) is 0 Å². The molecule has 1 fully saturated rings. The second kappa shape index (κ2) is 4.51. The van der Waals surface area contributed by atoms with E-state index in [2.05, 4.69) is 24.3 Å². The van der Waals surface area contributed by atoms with Gasteiger partial charge in [-0.1, -0.05) is 20.3 Å². The third kappa shape index (κ3) is 2.03. The molecule has 0 saturated heterocycles. The Kier molecular flexibility index (Phi) is 2.92. The van der Waals surface area contributed by atoms with Crippen molar-refractivity contribution < 1.29 is 4.79 Å². The number of aromatic nitrogens is 2. The predicted molar refractivity (Wildman–Crippen MR) is 78.8 cm³/mol. The number of hydrogen-bond donors (Lipinski definition) is 2. The summed E-state index contributed by atoms with van der Waals surface area (Å²) < 4.78 is 1.76. The number of anilines is 1. The highest BCUT2D eigenvalue weighted by Crippen LogP contribution is 2.40. The average Bonchev–Trinajstić information content (AvgIpc) is 2.96. The third-order valence-corrected chi connectivity index (χ3v) is 4.41. The summed E-state index contributed by atoms with van der Waals surface area (Å²) in [4.78, 5) is 11.7. The monoisotopic (exact) mass is 272 g/mol. The van der Waals surface area contributed by atoms with Crippen LogP contribution < -0.4 is 11.1 Å². The van der Waals surface area contributed by atoms with Crippen LogP contribution in [0.2, 0.25) is 0 Å². The molecule has 3 N–H and O–H groups in total. The van der Waals surface area contributed by atoms with Gasteiger partial charge in [0, 0.05) is 12.2 Å². The Labute approximate surface area is 118 Å². The SMILES string of the molecule is CC1(C)CCC[C@@H]1Nc1c(C(N)=O)cnn2cccc12. The maximum absolute atomic E-state index is 11.7. The summed E-state index contributed by atoms with van der Waals surface area (Å²) in [5.41, 5.74) is 7.87. The van der Waals surface area contributed by atoms with Crippen molar-refractivity contribution in [3.8, 4) is 0 Å². The average molecular weight is 272 g/mol. The zero-order chi connectivity index (χ0) is 14.3. The molecular formula is C15H20N4O. The van der Waals surface area contributed by atoms with Crippen LogP contribution in [-0.4, -0.2) is 21.6 Å². The van der Waals surface area contributed by atoms with E-state index >= 15 is 0 Å². The van der Waals surface area contributed by atoms with Crippen LogP contribution in [0.3, 0.4) is 0 Å². The highest BCUT2D eigenvalue weighted by Gasteiger charge is 2.35. The van der Waals surface area contributed by atoms with E-state index in [1.165, 1.54) is 12.8 Å². The minimum Gasteiger partial charge on any atom is -0.379 e. The molecule has 5 heteroatoms. The smallest absolute Gasteiger partial charge is 0.252 e. The number of nitrogens with zero attached hydrogens (tertiary/aromatic N) is 2. The van der Waals surface area contributed by atoms with Crippen LogP contribution in [0.15, 0.2) is 24.5 Å². The van der Waals surface area contributed by atoms with Crippen LogP contribution in [-0.2, 0) is 0 Å². The number of rotatable bonds is 3. The van der Waals surface area contributed by atoms with Crippen molar-refractivity contribution in [3.63, 3.8) is 0 Å². The van der Waals surface area contributed by atoms with Gasteiger partial charge in [-0.05, 0) is 30.4 Å². The lowest BCUT2D eigenvalue weighted by Crippen LogP contribution is -2.32. The lowest BCUT2D eigenvalue weighted by Gasteiger charge is -2.29. The molecule has 1 aliphatic rings. The van der Waals surface area contributed by atoms with Crippen molar-refractivity contribution in [3.05, 3.63) is 30.1 Å². The second-order valence-corrected chi connectivity index (χ2v) is 6.21. The van der Waals surface area contributed by atoms with Crippen molar-refractivity contribution in [2.24, 2.45) is 11.1 Å². The normalized spacial score (nSPS) is 21.2. The van der Waals surface area contributed by atoms with Crippen molar-refractivity contribution in [1.29, 1.82) is 0 Å². The molecule has 1 atom stereocenters. The molecular weight excluding hydrogens is 252 g/mol. The van der Waals surface area contributed by atoms with Gasteiger partial charge in [0.1, 0.15) is 0 Å². The molecule has 2 heterocycles. The van der Waals surface area contributed by atoms with Crippen molar-refractivity contribution in [2.45, 2.75) is 39.2 Å². The number of hydrogen-bond acceptors (Lipinski definition) is 3. The molecule has 5 nitrogen and oxygen atoms in total. The van der Waals surface area contributed by atoms with Crippen LogP contribution in [0, 0.1) is 5.41 Å². The minimum atomic E-state index is -0.445. The van der Waals surface area contributed by atoms with Gasteiger partial charge in [-0.3, -0.25) is 4.79 Å². The summed E-state index contributed by atoms with van der Waals surface area (Å²) >= 11 is 0. The summed E-state index contributed by atoms with van der Waals surface area (Å²) in [6, 6.07) is 4.21. The van der Waals surface area contributed by atoms with Crippen LogP contribution >= 0.6 is 0 Å². The van der Waals surface area contributed by atoms with Gasteiger partial charge in [0.15, 0.2) is 0 Å². The number of carbonyl (C=O) groups is 1. The third-order valence-electron chi connectivity index (χ3n) is 4.41. The Morgan fingerprint density at radius 2 is 2.35 bits per heavy atom. The number of fused-ring (bicyclic) bond motifs is 1. The summed E-state index contributed by atoms with van der Waals surface area (Å²) in [6.45, 7) is 4.52. The zero-order valence-corrected chi connectivity index (χ0v) is 11.9. The van der Waals surface area contributed by atoms with Crippen molar-refractivity contribution in [1.82, 2.24) is 9.61 Å². The highest BCUT2D eigenvalue weighted by atomic mass is 16.1. The van der Waals surface area contributed by atoms with Crippen LogP contribution in [0.1, 0.15) is 43.5 Å². The topological polar surface area (TPSA) is 72.4 Å². The van der Waals surface area contributed by atoms with Gasteiger partial charge in [-0.25, -0.2) is 4.52 Å². The molecule has 3 rings (SSSR count). The summed E-state index contributed by atoms with van der Waals surface area (Å²) in [6.07, 6.45) is 6.92. The Morgan fingerprint density at radius 3 is 3.00 bits per heavy atom. The maximum Gasteiger partial charge on any atom is 0.252 e. The first-order valence-corrected chi connectivity index (χ1v) is 7.02. The highest BCUT2D eigenvalue weighted by molar-refractivity contribution is 6.01. The molecule has 0 unspecified atom stereocenters. The lowest BCUT2D eigenvalue weighted by atomic mass is 9.87. The van der Waals surface area contributed by atoms with E-state index in [4.69, 9.17) is 5.73 Å². The first-order valence-electron chi connectivity index (χ1n) is 7.02. The number of nitrogens with one attached hydrogen (secondary N) is 1. The standard InChI is InChI=1S/C15H20N4O/c1-15(2)7-3-6-12(15)18-13-10(14(16)20)9-17-19-8-4-5-11(13)19/h4-5,8-9,12,18H,3,6-7H2,1-2H3,(H2,16,20)/t12-/m0/s1. The Bertz CT molecular complexity index is 659. The Hall–Kier alpha value is -2.04. The van der Waals surface area contributed by atoms with E-state index in [0.29, 0.717) is 11.6 Å². The first-order chi connectivity index (χ1) is 9.49. The van der Waals surface area contributed by atoms with Crippen molar-refractivity contribution >= 4 is 17.1 Å². The van der Waals surface area contributed by atoms with E-state index in [0.717, 1.165) is 17.6 Å². The maximum atomic E-state index is 11.7. The van der Waals surface area contributed by atoms with E-state index in [9.17, 15) is 4.79 Å². The largest absolute Gasteiger partial charge is 0.379 e. The number of carbonyl (C=O) groups excluding carboxylic acids is 1. The van der Waals surface area contributed by atoms with Crippen molar-refractivity contribution in [2.75, 3.05) is 5.32 Å². The van der Waals surface area contributed by atoms with Crippen LogP contribution in [0.5, 0.6) is 0 Å². The van der Waals surface area contributed by atoms with Gasteiger partial charge in [-0.2, -0.15) is 5.10 Å². The zero-order valence-electron chi connectivity index (χ0n) is 11.9. The number of primary amides is 1. The fourth-order valence-corrected chi connectivity index (χ4v) is 3.10. The molecule has 2 aromatic rings. The number of amides is 1. The molecule has 0 aliphatic heterocycles. The molecule has 2 aromatic heterocycles. The van der Waals surface area contributed by atoms with E-state index in [1.54, 1.807) is 10.7 Å². The van der Waals surface area contributed by atoms with Crippen LogP contribution in [0.25, 0.3) is 5.52 Å². The quantitative estimate of drug-likeness (QED) is 0.901. The molecule has 20 heavy (non-hydrogen) atoms. The fraction of sp³-hybridized carbons (Fsp3) is 0.467. The molecule has 1 saturated carbocycles. The minimum absolute atomic E-state index is 0.224. The molecule has 0 radical (unpaired) electrons. The van der Waals surface area contributed by atoms with Gasteiger partial charge in [0.2, 0.25) is 0 Å². The lowest BCUT2D eigenvalue weighted by molar-refractivity contribution is 0.100. The summed E-state index contributed by atoms with van der Waals surface area (Å²) in [5, 5.41) is 7.76. The molecule has 1 aliphatic carbocycles. The molecule has 0 spiro atoms. The first kappa shape index (κ1) is 13.0. The predicted octanol–water partition coefficient (Wildman–Crippen LogP) is 2.42. The Balaban J connectivity index is 2.06. The summed E-state index contributed by atoms with van der Waals surface area (Å²) in [5.74, 6) is -0.445. The van der Waals surface area contributed by atoms with Gasteiger partial charge < -0.3 is 11.1 Å². The van der Waals surface area contributed by atoms with Crippen LogP contribution in [0.4, 0.5) is 5.69 Å². The van der Waals surface area contributed by atoms with E-state index in [1.807, 2.05) is 18.3 Å². The molecule has 1 amide bonds. The van der Waals surface area contributed by atoms with E-state index < -0.39 is 5.91 Å². The van der Waals surface area contributed by atoms with E-state index in [-0.39, 0.29) is 5.41 Å². The summed E-state index contributed by atoms with van der Waals surface area (Å²) in [7, 11) is 0. The molecule has 106 valence electrons. The van der Waals surface area contributed by atoms with Gasteiger partial charge in [0.25, 0.3) is 5.91 Å².